The van der Waals surface area contributed by atoms with Crippen LogP contribution in [0.3, 0.4) is 0 Å². The predicted molar refractivity (Wildman–Crippen MR) is 120 cm³/mol. The van der Waals surface area contributed by atoms with Gasteiger partial charge in [0.15, 0.2) is 5.17 Å². The van der Waals surface area contributed by atoms with Crippen molar-refractivity contribution >= 4 is 34.6 Å². The van der Waals surface area contributed by atoms with E-state index in [9.17, 15) is 4.79 Å². The number of carbonyl (C=O) groups is 1. The summed E-state index contributed by atoms with van der Waals surface area (Å²) in [6, 6.07) is 15.3. The van der Waals surface area contributed by atoms with Gasteiger partial charge >= 0.3 is 0 Å². The van der Waals surface area contributed by atoms with Gasteiger partial charge in [-0.2, -0.15) is 0 Å². The Morgan fingerprint density at radius 2 is 1.72 bits per heavy atom. The molecule has 1 heterocycles. The zero-order chi connectivity index (χ0) is 20.6. The minimum atomic E-state index is -0.0205. The van der Waals surface area contributed by atoms with Crippen molar-refractivity contribution < 1.29 is 14.3 Å². The van der Waals surface area contributed by atoms with Gasteiger partial charge in [-0.25, -0.2) is 4.99 Å². The number of aliphatic imine (C=N–C) groups is 1. The highest BCUT2D eigenvalue weighted by atomic mass is 32.2. The zero-order valence-corrected chi connectivity index (χ0v) is 17.9. The van der Waals surface area contributed by atoms with E-state index in [1.54, 1.807) is 4.90 Å². The summed E-state index contributed by atoms with van der Waals surface area (Å²) in [6.45, 7) is 7.79. The summed E-state index contributed by atoms with van der Waals surface area (Å²) in [5, 5.41) is 0.696. The standard InChI is InChI=1S/C23H26N2O3S/c1-4-15-25-22(26)21(16-17-9-7-8-10-20(17)28-6-3)29-23(25)24-18-11-13-19(14-12-18)27-5-2/h7-14,16H,4-6,15H2,1-3H3. The van der Waals surface area contributed by atoms with Crippen molar-refractivity contribution in [2.75, 3.05) is 19.8 Å². The van der Waals surface area contributed by atoms with Crippen molar-refractivity contribution in [2.45, 2.75) is 27.2 Å². The van der Waals surface area contributed by atoms with Crippen molar-refractivity contribution in [3.8, 4) is 11.5 Å². The smallest absolute Gasteiger partial charge is 0.266 e. The molecule has 1 aliphatic rings. The number of benzene rings is 2. The number of thioether (sulfide) groups is 1. The lowest BCUT2D eigenvalue weighted by molar-refractivity contribution is -0.122. The monoisotopic (exact) mass is 410 g/mol. The number of nitrogens with zero attached hydrogens (tertiary/aromatic N) is 2. The SMILES string of the molecule is CCCN1C(=O)C(=Cc2ccccc2OCC)SC1=Nc1ccc(OCC)cc1. The van der Waals surface area contributed by atoms with Crippen molar-refractivity contribution in [1.29, 1.82) is 0 Å². The van der Waals surface area contributed by atoms with E-state index in [4.69, 9.17) is 14.5 Å². The number of para-hydroxylation sites is 1. The van der Waals surface area contributed by atoms with Gasteiger partial charge in [0, 0.05) is 12.1 Å². The quantitative estimate of drug-likeness (QED) is 0.539. The molecule has 3 rings (SSSR count). The molecule has 0 unspecified atom stereocenters. The summed E-state index contributed by atoms with van der Waals surface area (Å²) >= 11 is 1.40. The van der Waals surface area contributed by atoms with Crippen molar-refractivity contribution in [3.05, 3.63) is 59.0 Å². The van der Waals surface area contributed by atoms with Gasteiger partial charge in [0.2, 0.25) is 0 Å². The third kappa shape index (κ3) is 5.21. The second-order valence-electron chi connectivity index (χ2n) is 6.36. The third-order valence-electron chi connectivity index (χ3n) is 4.21. The van der Waals surface area contributed by atoms with Gasteiger partial charge in [-0.1, -0.05) is 25.1 Å². The van der Waals surface area contributed by atoms with E-state index in [0.717, 1.165) is 29.2 Å². The lowest BCUT2D eigenvalue weighted by Crippen LogP contribution is -2.29. The summed E-state index contributed by atoms with van der Waals surface area (Å²) in [5.41, 5.74) is 1.68. The normalized spacial score (nSPS) is 16.7. The maximum Gasteiger partial charge on any atom is 0.266 e. The molecule has 0 atom stereocenters. The maximum absolute atomic E-state index is 13.0. The van der Waals surface area contributed by atoms with Crippen molar-refractivity contribution in [2.24, 2.45) is 4.99 Å². The van der Waals surface area contributed by atoms with E-state index in [1.807, 2.05) is 68.5 Å². The fourth-order valence-electron chi connectivity index (χ4n) is 2.93. The van der Waals surface area contributed by atoms with Crippen molar-refractivity contribution in [3.63, 3.8) is 0 Å². The fourth-order valence-corrected chi connectivity index (χ4v) is 3.95. The van der Waals surface area contributed by atoms with Crippen LogP contribution in [0.25, 0.3) is 6.08 Å². The highest BCUT2D eigenvalue weighted by Crippen LogP contribution is 2.35. The topological polar surface area (TPSA) is 51.1 Å². The van der Waals surface area contributed by atoms with Gasteiger partial charge in [0.1, 0.15) is 11.5 Å². The van der Waals surface area contributed by atoms with E-state index in [-0.39, 0.29) is 5.91 Å². The average molecular weight is 411 g/mol. The molecule has 0 aromatic heterocycles. The molecule has 2 aromatic rings. The first kappa shape index (κ1) is 21.0. The first-order valence-corrected chi connectivity index (χ1v) is 10.7. The molecule has 0 N–H and O–H groups in total. The number of carbonyl (C=O) groups excluding carboxylic acids is 1. The van der Waals surface area contributed by atoms with Crippen LogP contribution in [0.5, 0.6) is 11.5 Å². The Balaban J connectivity index is 1.90. The number of ether oxygens (including phenoxy) is 2. The number of hydrogen-bond acceptors (Lipinski definition) is 5. The predicted octanol–water partition coefficient (Wildman–Crippen LogP) is 5.50. The summed E-state index contributed by atoms with van der Waals surface area (Å²) in [6.07, 6.45) is 2.75. The number of amidine groups is 1. The van der Waals surface area contributed by atoms with Crippen molar-refractivity contribution in [1.82, 2.24) is 4.90 Å². The molecule has 29 heavy (non-hydrogen) atoms. The summed E-state index contributed by atoms with van der Waals surface area (Å²) in [5.74, 6) is 1.56. The van der Waals surface area contributed by atoms with Crippen LogP contribution in [0.1, 0.15) is 32.8 Å². The molecular formula is C23H26N2O3S. The molecule has 0 spiro atoms. The Bertz CT molecular complexity index is 907. The average Bonchev–Trinajstić information content (AvgIpc) is 3.00. The third-order valence-corrected chi connectivity index (χ3v) is 5.22. The molecule has 1 aliphatic heterocycles. The lowest BCUT2D eigenvalue weighted by atomic mass is 10.2. The molecule has 5 nitrogen and oxygen atoms in total. The van der Waals surface area contributed by atoms with Crippen LogP contribution in [0.4, 0.5) is 5.69 Å². The first-order chi connectivity index (χ1) is 14.2. The second-order valence-corrected chi connectivity index (χ2v) is 7.37. The van der Waals surface area contributed by atoms with E-state index < -0.39 is 0 Å². The Labute approximate surface area is 176 Å². The molecule has 1 amide bonds. The van der Waals surface area contributed by atoms with Crippen LogP contribution >= 0.6 is 11.8 Å². The Kier molecular flexibility index (Phi) is 7.36. The second kappa shape index (κ2) is 10.2. The van der Waals surface area contributed by atoms with Gasteiger partial charge in [-0.15, -0.1) is 0 Å². The highest BCUT2D eigenvalue weighted by molar-refractivity contribution is 8.18. The number of hydrogen-bond donors (Lipinski definition) is 0. The van der Waals surface area contributed by atoms with Gasteiger partial charge in [0.25, 0.3) is 5.91 Å². The minimum Gasteiger partial charge on any atom is -0.494 e. The lowest BCUT2D eigenvalue weighted by Gasteiger charge is -2.14. The van der Waals surface area contributed by atoms with E-state index in [2.05, 4.69) is 6.92 Å². The highest BCUT2D eigenvalue weighted by Gasteiger charge is 2.33. The van der Waals surface area contributed by atoms with Crippen LogP contribution < -0.4 is 9.47 Å². The molecule has 1 fully saturated rings. The van der Waals surface area contributed by atoms with Gasteiger partial charge in [0.05, 0.1) is 23.8 Å². The van der Waals surface area contributed by atoms with E-state index in [1.165, 1.54) is 11.8 Å². The summed E-state index contributed by atoms with van der Waals surface area (Å²) < 4.78 is 11.2. The van der Waals surface area contributed by atoms with Crippen LogP contribution in [0.2, 0.25) is 0 Å². The largest absolute Gasteiger partial charge is 0.494 e. The van der Waals surface area contributed by atoms with E-state index >= 15 is 0 Å². The van der Waals surface area contributed by atoms with Crippen LogP contribution in [0.15, 0.2) is 58.4 Å². The molecule has 0 bridgehead atoms. The summed E-state index contributed by atoms with van der Waals surface area (Å²) in [4.78, 5) is 20.1. The molecule has 6 heteroatoms. The molecule has 0 saturated carbocycles. The molecular weight excluding hydrogens is 384 g/mol. The first-order valence-electron chi connectivity index (χ1n) is 9.91. The molecule has 0 aliphatic carbocycles. The van der Waals surface area contributed by atoms with Crippen LogP contribution in [0, 0.1) is 0 Å². The van der Waals surface area contributed by atoms with Gasteiger partial charge in [-0.05, 0) is 68.4 Å². The van der Waals surface area contributed by atoms with Crippen LogP contribution in [-0.2, 0) is 4.79 Å². The minimum absolute atomic E-state index is 0.0205. The zero-order valence-electron chi connectivity index (χ0n) is 17.1. The molecule has 1 saturated heterocycles. The Morgan fingerprint density at radius 1 is 1.00 bits per heavy atom. The molecule has 2 aromatic carbocycles. The van der Waals surface area contributed by atoms with Gasteiger partial charge in [-0.3, -0.25) is 9.69 Å². The molecule has 152 valence electrons. The van der Waals surface area contributed by atoms with E-state index in [0.29, 0.717) is 29.8 Å². The molecule has 0 radical (unpaired) electrons. The van der Waals surface area contributed by atoms with Gasteiger partial charge < -0.3 is 9.47 Å². The maximum atomic E-state index is 13.0. The van der Waals surface area contributed by atoms with Crippen LogP contribution in [-0.4, -0.2) is 35.7 Å². The summed E-state index contributed by atoms with van der Waals surface area (Å²) in [7, 11) is 0. The number of rotatable bonds is 8. The number of amides is 1. The Hall–Kier alpha value is -2.73. The Morgan fingerprint density at radius 3 is 2.41 bits per heavy atom. The fraction of sp³-hybridized carbons (Fsp3) is 0.304.